The van der Waals surface area contributed by atoms with E-state index in [4.69, 9.17) is 5.11 Å². The molecular formula is C11H21NO2. The number of nitrogens with one attached hydrogen (secondary N) is 1. The summed E-state index contributed by atoms with van der Waals surface area (Å²) in [5.74, 6) is -0.902. The van der Waals surface area contributed by atoms with E-state index in [1.807, 2.05) is 0 Å². The number of hydrogen-bond donors (Lipinski definition) is 2. The highest BCUT2D eigenvalue weighted by Crippen LogP contribution is 2.03. The van der Waals surface area contributed by atoms with Crippen LogP contribution < -0.4 is 5.32 Å². The first kappa shape index (κ1) is 13.0. The second-order valence-corrected chi connectivity index (χ2v) is 3.39. The molecule has 0 saturated carbocycles. The van der Waals surface area contributed by atoms with Gasteiger partial charge in [0.25, 0.3) is 0 Å². The van der Waals surface area contributed by atoms with Crippen LogP contribution >= 0.6 is 0 Å². The van der Waals surface area contributed by atoms with Crippen LogP contribution in [0.15, 0.2) is 12.3 Å². The summed E-state index contributed by atoms with van der Waals surface area (Å²) in [5, 5.41) is 11.2. The van der Waals surface area contributed by atoms with E-state index in [9.17, 15) is 4.79 Å². The molecule has 3 heteroatoms. The van der Waals surface area contributed by atoms with Gasteiger partial charge in [0.15, 0.2) is 0 Å². The number of carbonyl (C=O) groups is 1. The van der Waals surface area contributed by atoms with Crippen LogP contribution in [0.3, 0.4) is 0 Å². The number of carboxylic acid groups (broad SMARTS) is 1. The quantitative estimate of drug-likeness (QED) is 0.443. The first-order valence-corrected chi connectivity index (χ1v) is 5.40. The summed E-state index contributed by atoms with van der Waals surface area (Å²) >= 11 is 0. The molecule has 0 bridgehead atoms. The maximum absolute atomic E-state index is 10.1. The lowest BCUT2D eigenvalue weighted by Gasteiger charge is -2.00. The van der Waals surface area contributed by atoms with E-state index >= 15 is 0 Å². The average molecular weight is 199 g/mol. The maximum atomic E-state index is 10.1. The third kappa shape index (κ3) is 11.0. The number of rotatable bonds is 9. The van der Waals surface area contributed by atoms with Crippen molar-refractivity contribution in [2.45, 2.75) is 45.4 Å². The third-order valence-electron chi connectivity index (χ3n) is 2.02. The fraction of sp³-hybridized carbons (Fsp3) is 0.727. The van der Waals surface area contributed by atoms with Gasteiger partial charge in [-0.15, -0.1) is 0 Å². The van der Waals surface area contributed by atoms with E-state index in [1.54, 1.807) is 0 Å². The number of carboxylic acids is 1. The predicted molar refractivity (Wildman–Crippen MR) is 58.2 cm³/mol. The topological polar surface area (TPSA) is 49.3 Å². The van der Waals surface area contributed by atoms with Crippen LogP contribution in [0.2, 0.25) is 0 Å². The summed E-state index contributed by atoms with van der Waals surface area (Å²) in [7, 11) is 0. The summed E-state index contributed by atoms with van der Waals surface area (Å²) in [6.45, 7) is 3.08. The molecule has 0 radical (unpaired) electrons. The summed E-state index contributed by atoms with van der Waals surface area (Å²) < 4.78 is 0. The molecule has 0 fully saturated rings. The van der Waals surface area contributed by atoms with Crippen molar-refractivity contribution in [2.24, 2.45) is 0 Å². The highest BCUT2D eigenvalue weighted by Gasteiger charge is 1.89. The van der Waals surface area contributed by atoms with E-state index < -0.39 is 5.97 Å². The van der Waals surface area contributed by atoms with Crippen molar-refractivity contribution in [3.63, 3.8) is 0 Å². The zero-order valence-corrected chi connectivity index (χ0v) is 8.96. The molecule has 0 spiro atoms. The van der Waals surface area contributed by atoms with Gasteiger partial charge in [-0.05, 0) is 6.42 Å². The van der Waals surface area contributed by atoms with Crippen molar-refractivity contribution in [1.29, 1.82) is 0 Å². The molecule has 0 unspecified atom stereocenters. The van der Waals surface area contributed by atoms with E-state index in [2.05, 4.69) is 12.2 Å². The monoisotopic (exact) mass is 199 g/mol. The minimum atomic E-state index is -0.902. The normalized spacial score (nSPS) is 10.6. The fourth-order valence-electron chi connectivity index (χ4n) is 1.22. The van der Waals surface area contributed by atoms with Gasteiger partial charge in [-0.2, -0.15) is 0 Å². The van der Waals surface area contributed by atoms with Gasteiger partial charge in [-0.25, -0.2) is 4.79 Å². The van der Waals surface area contributed by atoms with Crippen molar-refractivity contribution in [3.05, 3.63) is 12.3 Å². The lowest BCUT2D eigenvalue weighted by atomic mass is 10.1. The molecule has 0 aromatic heterocycles. The number of hydrogen-bond acceptors (Lipinski definition) is 2. The highest BCUT2D eigenvalue weighted by atomic mass is 16.4. The summed E-state index contributed by atoms with van der Waals surface area (Å²) in [6.07, 6.45) is 10.2. The molecule has 0 atom stereocenters. The van der Waals surface area contributed by atoms with Gasteiger partial charge in [0.05, 0.1) is 0 Å². The Morgan fingerprint density at radius 3 is 2.50 bits per heavy atom. The van der Waals surface area contributed by atoms with Gasteiger partial charge in [-0.3, -0.25) is 0 Å². The van der Waals surface area contributed by atoms with Gasteiger partial charge in [0, 0.05) is 18.8 Å². The van der Waals surface area contributed by atoms with Crippen LogP contribution in [0.25, 0.3) is 0 Å². The van der Waals surface area contributed by atoms with Crippen molar-refractivity contribution in [2.75, 3.05) is 6.54 Å². The summed E-state index contributed by atoms with van der Waals surface area (Å²) in [6, 6.07) is 0. The molecule has 3 nitrogen and oxygen atoms in total. The maximum Gasteiger partial charge on any atom is 0.329 e. The van der Waals surface area contributed by atoms with Gasteiger partial charge in [-0.1, -0.05) is 39.0 Å². The molecule has 0 rings (SSSR count). The summed E-state index contributed by atoms with van der Waals surface area (Å²) in [4.78, 5) is 10.1. The minimum Gasteiger partial charge on any atom is -0.478 e. The van der Waals surface area contributed by atoms with Crippen molar-refractivity contribution in [3.8, 4) is 0 Å². The number of aliphatic carboxylic acids is 1. The SMILES string of the molecule is CCCCCCCCN/C=C/C(=O)O. The zero-order chi connectivity index (χ0) is 10.6. The first-order valence-electron chi connectivity index (χ1n) is 5.40. The average Bonchev–Trinajstić information content (AvgIpc) is 2.15. The smallest absolute Gasteiger partial charge is 0.329 e. The van der Waals surface area contributed by atoms with Crippen LogP contribution in [0, 0.1) is 0 Å². The standard InChI is InChI=1S/C11H21NO2/c1-2-3-4-5-6-7-9-12-10-8-11(13)14/h8,10,12H,2-7,9H2,1H3,(H,13,14)/b10-8+. The Morgan fingerprint density at radius 2 is 1.86 bits per heavy atom. The molecule has 0 aliphatic heterocycles. The Kier molecular flexibility index (Phi) is 9.38. The van der Waals surface area contributed by atoms with Crippen molar-refractivity contribution < 1.29 is 9.90 Å². The second kappa shape index (κ2) is 10.1. The van der Waals surface area contributed by atoms with E-state index in [1.165, 1.54) is 38.3 Å². The number of unbranched alkanes of at least 4 members (excludes halogenated alkanes) is 5. The molecule has 0 amide bonds. The van der Waals surface area contributed by atoms with Crippen molar-refractivity contribution >= 4 is 5.97 Å². The molecule has 0 aliphatic carbocycles. The largest absolute Gasteiger partial charge is 0.478 e. The predicted octanol–water partition coefficient (Wildman–Crippen LogP) is 2.53. The van der Waals surface area contributed by atoms with Gasteiger partial charge in [0.2, 0.25) is 0 Å². The molecular weight excluding hydrogens is 178 g/mol. The lowest BCUT2D eigenvalue weighted by molar-refractivity contribution is -0.131. The minimum absolute atomic E-state index is 0.871. The molecule has 0 saturated heterocycles. The molecule has 0 heterocycles. The fourth-order valence-corrected chi connectivity index (χ4v) is 1.22. The van der Waals surface area contributed by atoms with E-state index in [-0.39, 0.29) is 0 Å². The Bertz CT molecular complexity index is 167. The Labute approximate surface area is 86.2 Å². The van der Waals surface area contributed by atoms with Crippen LogP contribution in [0.1, 0.15) is 45.4 Å². The molecule has 0 aromatic carbocycles. The van der Waals surface area contributed by atoms with Crippen LogP contribution in [-0.2, 0) is 4.79 Å². The molecule has 14 heavy (non-hydrogen) atoms. The molecule has 2 N–H and O–H groups in total. The van der Waals surface area contributed by atoms with Gasteiger partial charge < -0.3 is 10.4 Å². The van der Waals surface area contributed by atoms with E-state index in [0.717, 1.165) is 19.0 Å². The molecule has 0 aliphatic rings. The van der Waals surface area contributed by atoms with Gasteiger partial charge in [0.1, 0.15) is 0 Å². The third-order valence-corrected chi connectivity index (χ3v) is 2.02. The lowest BCUT2D eigenvalue weighted by Crippen LogP contribution is -2.07. The van der Waals surface area contributed by atoms with Crippen LogP contribution in [0.4, 0.5) is 0 Å². The van der Waals surface area contributed by atoms with E-state index in [0.29, 0.717) is 0 Å². The Hall–Kier alpha value is -0.990. The highest BCUT2D eigenvalue weighted by molar-refractivity contribution is 5.79. The second-order valence-electron chi connectivity index (χ2n) is 3.39. The molecule has 0 aromatic rings. The zero-order valence-electron chi connectivity index (χ0n) is 8.96. The molecule has 82 valence electrons. The van der Waals surface area contributed by atoms with Crippen LogP contribution in [0.5, 0.6) is 0 Å². The van der Waals surface area contributed by atoms with Gasteiger partial charge >= 0.3 is 5.97 Å². The Morgan fingerprint density at radius 1 is 1.21 bits per heavy atom. The van der Waals surface area contributed by atoms with Crippen LogP contribution in [-0.4, -0.2) is 17.6 Å². The Balaban J connectivity index is 3.02. The summed E-state index contributed by atoms with van der Waals surface area (Å²) in [5.41, 5.74) is 0. The van der Waals surface area contributed by atoms with Crippen molar-refractivity contribution in [1.82, 2.24) is 5.32 Å². The first-order chi connectivity index (χ1) is 6.77.